The van der Waals surface area contributed by atoms with E-state index in [0.717, 1.165) is 10.8 Å². The molecule has 0 amide bonds. The SMILES string of the molecule is CS(=O)(=O)c1nc(N)n2nc(-c3cc(F)c(F)c(F)c3)nc2n1. The molecule has 2 N–H and O–H groups in total. The lowest BCUT2D eigenvalue weighted by molar-refractivity contribution is 0.447. The number of sulfone groups is 1. The molecule has 3 rings (SSSR count). The van der Waals surface area contributed by atoms with Gasteiger partial charge in [-0.15, -0.1) is 5.10 Å². The summed E-state index contributed by atoms with van der Waals surface area (Å²) in [7, 11) is -3.74. The summed E-state index contributed by atoms with van der Waals surface area (Å²) in [5.41, 5.74) is 5.39. The molecule has 1 aromatic carbocycles. The Hall–Kier alpha value is -2.76. The molecule has 0 saturated carbocycles. The van der Waals surface area contributed by atoms with E-state index in [0.29, 0.717) is 12.1 Å². The molecular weight excluding hydrogens is 337 g/mol. The van der Waals surface area contributed by atoms with Crippen LogP contribution in [-0.4, -0.2) is 39.2 Å². The van der Waals surface area contributed by atoms with Crippen molar-refractivity contribution in [3.8, 4) is 11.4 Å². The Labute approximate surface area is 126 Å². The lowest BCUT2D eigenvalue weighted by atomic mass is 10.2. The van der Waals surface area contributed by atoms with Crippen LogP contribution in [0.2, 0.25) is 0 Å². The van der Waals surface area contributed by atoms with Gasteiger partial charge in [0.2, 0.25) is 15.8 Å². The van der Waals surface area contributed by atoms with Gasteiger partial charge in [0.1, 0.15) is 0 Å². The smallest absolute Gasteiger partial charge is 0.258 e. The van der Waals surface area contributed by atoms with Gasteiger partial charge < -0.3 is 5.73 Å². The molecule has 0 aliphatic rings. The third-order valence-electron chi connectivity index (χ3n) is 2.79. The zero-order valence-electron chi connectivity index (χ0n) is 11.3. The minimum Gasteiger partial charge on any atom is -0.368 e. The predicted molar refractivity (Wildman–Crippen MR) is 71.4 cm³/mol. The number of fused-ring (bicyclic) bond motifs is 1. The first-order valence-electron chi connectivity index (χ1n) is 5.92. The Morgan fingerprint density at radius 1 is 1.09 bits per heavy atom. The second-order valence-corrected chi connectivity index (χ2v) is 6.45. The van der Waals surface area contributed by atoms with E-state index >= 15 is 0 Å². The van der Waals surface area contributed by atoms with Gasteiger partial charge in [0.25, 0.3) is 10.9 Å². The quantitative estimate of drug-likeness (QED) is 0.676. The third-order valence-corrected chi connectivity index (χ3v) is 3.63. The maximum atomic E-state index is 13.3. The zero-order valence-corrected chi connectivity index (χ0v) is 12.1. The van der Waals surface area contributed by atoms with Crippen LogP contribution in [0.1, 0.15) is 0 Å². The number of halogens is 3. The summed E-state index contributed by atoms with van der Waals surface area (Å²) >= 11 is 0. The fourth-order valence-corrected chi connectivity index (χ4v) is 2.27. The second-order valence-electron chi connectivity index (χ2n) is 4.54. The van der Waals surface area contributed by atoms with E-state index in [2.05, 4.69) is 20.1 Å². The molecular formula is C11H7F3N6O2S. The summed E-state index contributed by atoms with van der Waals surface area (Å²) in [6.45, 7) is 0. The summed E-state index contributed by atoms with van der Waals surface area (Å²) in [6.07, 6.45) is 0.875. The monoisotopic (exact) mass is 344 g/mol. The number of nitrogens with two attached hydrogens (primary N) is 1. The van der Waals surface area contributed by atoms with Gasteiger partial charge >= 0.3 is 0 Å². The Balaban J connectivity index is 2.23. The van der Waals surface area contributed by atoms with E-state index in [-0.39, 0.29) is 23.1 Å². The van der Waals surface area contributed by atoms with Gasteiger partial charge in [-0.25, -0.2) is 21.6 Å². The molecule has 0 spiro atoms. The fraction of sp³-hybridized carbons (Fsp3) is 0.0909. The van der Waals surface area contributed by atoms with Crippen LogP contribution in [0, 0.1) is 17.5 Å². The Morgan fingerprint density at radius 3 is 2.26 bits per heavy atom. The Bertz CT molecular complexity index is 1030. The van der Waals surface area contributed by atoms with Crippen molar-refractivity contribution in [1.29, 1.82) is 0 Å². The highest BCUT2D eigenvalue weighted by molar-refractivity contribution is 7.90. The maximum Gasteiger partial charge on any atom is 0.258 e. The average molecular weight is 344 g/mol. The van der Waals surface area contributed by atoms with Crippen LogP contribution in [0.25, 0.3) is 17.2 Å². The van der Waals surface area contributed by atoms with Crippen molar-refractivity contribution in [3.05, 3.63) is 29.6 Å². The largest absolute Gasteiger partial charge is 0.368 e. The Morgan fingerprint density at radius 2 is 1.70 bits per heavy atom. The van der Waals surface area contributed by atoms with E-state index < -0.39 is 32.4 Å². The van der Waals surface area contributed by atoms with Gasteiger partial charge in [-0.05, 0) is 12.1 Å². The number of benzene rings is 1. The van der Waals surface area contributed by atoms with Crippen LogP contribution in [0.3, 0.4) is 0 Å². The molecule has 12 heteroatoms. The van der Waals surface area contributed by atoms with E-state index in [1.807, 2.05) is 0 Å². The highest BCUT2D eigenvalue weighted by Gasteiger charge is 2.19. The van der Waals surface area contributed by atoms with E-state index in [1.54, 1.807) is 0 Å². The van der Waals surface area contributed by atoms with Crippen molar-refractivity contribution >= 4 is 21.6 Å². The van der Waals surface area contributed by atoms with Crippen molar-refractivity contribution in [2.75, 3.05) is 12.0 Å². The molecule has 120 valence electrons. The second kappa shape index (κ2) is 4.87. The first-order chi connectivity index (χ1) is 10.7. The molecule has 0 atom stereocenters. The molecule has 0 saturated heterocycles. The van der Waals surface area contributed by atoms with Crippen molar-refractivity contribution < 1.29 is 21.6 Å². The summed E-state index contributed by atoms with van der Waals surface area (Å²) in [6, 6.07) is 1.38. The normalized spacial score (nSPS) is 12.0. The topological polar surface area (TPSA) is 116 Å². The van der Waals surface area contributed by atoms with Crippen molar-refractivity contribution in [2.45, 2.75) is 5.16 Å². The van der Waals surface area contributed by atoms with Crippen LogP contribution >= 0.6 is 0 Å². The standard InChI is InChI=1S/C11H7F3N6O2S/c1-23(21,22)11-17-9(15)20-10(18-11)16-8(19-20)4-2-5(12)7(14)6(13)3-4/h2-3H,1H3,(H2,15,16,17,18,19). The van der Waals surface area contributed by atoms with Gasteiger partial charge in [0.15, 0.2) is 23.3 Å². The molecule has 0 unspecified atom stereocenters. The van der Waals surface area contributed by atoms with Gasteiger partial charge in [-0.2, -0.15) is 19.5 Å². The van der Waals surface area contributed by atoms with E-state index in [1.165, 1.54) is 0 Å². The summed E-state index contributed by atoms with van der Waals surface area (Å²) < 4.78 is 63.3. The first-order valence-corrected chi connectivity index (χ1v) is 7.81. The van der Waals surface area contributed by atoms with Crippen LogP contribution in [0.5, 0.6) is 0 Å². The van der Waals surface area contributed by atoms with Gasteiger partial charge in [-0.1, -0.05) is 0 Å². The molecule has 2 aromatic heterocycles. The highest BCUT2D eigenvalue weighted by atomic mass is 32.2. The average Bonchev–Trinajstić information content (AvgIpc) is 2.88. The summed E-state index contributed by atoms with van der Waals surface area (Å²) in [5.74, 6) is -5.27. The first kappa shape index (κ1) is 15.1. The van der Waals surface area contributed by atoms with Crippen LogP contribution in [0.15, 0.2) is 17.3 Å². The van der Waals surface area contributed by atoms with Gasteiger partial charge in [0, 0.05) is 11.8 Å². The molecule has 2 heterocycles. The minimum absolute atomic E-state index is 0.174. The highest BCUT2D eigenvalue weighted by Crippen LogP contribution is 2.22. The zero-order chi connectivity index (χ0) is 16.9. The maximum absolute atomic E-state index is 13.3. The molecule has 0 aliphatic heterocycles. The molecule has 23 heavy (non-hydrogen) atoms. The number of anilines is 1. The summed E-state index contributed by atoms with van der Waals surface area (Å²) in [5, 5.41) is 3.25. The number of rotatable bonds is 2. The lowest BCUT2D eigenvalue weighted by Crippen LogP contribution is -2.11. The van der Waals surface area contributed by atoms with Crippen molar-refractivity contribution in [1.82, 2.24) is 24.6 Å². The number of nitrogens with zero attached hydrogens (tertiary/aromatic N) is 5. The lowest BCUT2D eigenvalue weighted by Gasteiger charge is -1.99. The predicted octanol–water partition coefficient (Wildman–Crippen LogP) is 0.589. The Kier molecular flexibility index (Phi) is 3.21. The molecule has 0 fully saturated rings. The van der Waals surface area contributed by atoms with Crippen LogP contribution in [-0.2, 0) is 9.84 Å². The molecule has 8 nitrogen and oxygen atoms in total. The molecule has 0 radical (unpaired) electrons. The molecule has 3 aromatic rings. The number of nitrogen functional groups attached to an aromatic ring is 1. The third kappa shape index (κ3) is 2.56. The van der Waals surface area contributed by atoms with Crippen LogP contribution in [0.4, 0.5) is 19.1 Å². The summed E-state index contributed by atoms with van der Waals surface area (Å²) in [4.78, 5) is 11.1. The van der Waals surface area contributed by atoms with Gasteiger partial charge in [0.05, 0.1) is 0 Å². The number of hydrogen-bond donors (Lipinski definition) is 1. The molecule has 0 bridgehead atoms. The minimum atomic E-state index is -3.74. The van der Waals surface area contributed by atoms with Crippen molar-refractivity contribution in [3.63, 3.8) is 0 Å². The van der Waals surface area contributed by atoms with Crippen LogP contribution < -0.4 is 5.73 Å². The fourth-order valence-electron chi connectivity index (χ4n) is 1.76. The molecule has 0 aliphatic carbocycles. The van der Waals surface area contributed by atoms with E-state index in [4.69, 9.17) is 5.73 Å². The van der Waals surface area contributed by atoms with Gasteiger partial charge in [-0.3, -0.25) is 0 Å². The number of aromatic nitrogens is 5. The number of hydrogen-bond acceptors (Lipinski definition) is 7. The van der Waals surface area contributed by atoms with Crippen molar-refractivity contribution in [2.24, 2.45) is 0 Å². The van der Waals surface area contributed by atoms with E-state index in [9.17, 15) is 21.6 Å².